The van der Waals surface area contributed by atoms with Crippen molar-refractivity contribution in [1.29, 1.82) is 0 Å². The highest BCUT2D eigenvalue weighted by Gasteiger charge is 2.14. The van der Waals surface area contributed by atoms with Crippen molar-refractivity contribution in [2.24, 2.45) is 0 Å². The Morgan fingerprint density at radius 3 is 2.39 bits per heavy atom. The molecule has 1 aromatic carbocycles. The zero-order chi connectivity index (χ0) is 13.2. The Kier molecular flexibility index (Phi) is 3.24. The molecule has 0 saturated carbocycles. The second-order valence-electron chi connectivity index (χ2n) is 3.73. The number of benzene rings is 1. The predicted molar refractivity (Wildman–Crippen MR) is 67.4 cm³/mol. The van der Waals surface area contributed by atoms with Crippen molar-refractivity contribution in [2.75, 3.05) is 18.2 Å². The predicted octanol–water partition coefficient (Wildman–Crippen LogP) is 1.04. The molecule has 6 nitrogen and oxygen atoms in total. The Labute approximate surface area is 105 Å². The van der Waals surface area contributed by atoms with Crippen molar-refractivity contribution < 1.29 is 8.42 Å². The van der Waals surface area contributed by atoms with Crippen LogP contribution in [0.5, 0.6) is 0 Å². The summed E-state index contributed by atoms with van der Waals surface area (Å²) in [6.45, 7) is 0. The summed E-state index contributed by atoms with van der Waals surface area (Å²) in [5.74, 6) is 0.289. The number of nitrogens with zero attached hydrogens (tertiary/aromatic N) is 4. The van der Waals surface area contributed by atoms with Crippen molar-refractivity contribution >= 4 is 21.5 Å². The van der Waals surface area contributed by atoms with Crippen molar-refractivity contribution in [2.45, 2.75) is 5.16 Å². The Morgan fingerprint density at radius 2 is 1.78 bits per heavy atom. The molecule has 7 heteroatoms. The fourth-order valence-corrected chi connectivity index (χ4v) is 1.87. The van der Waals surface area contributed by atoms with Gasteiger partial charge in [-0.3, -0.25) is 0 Å². The summed E-state index contributed by atoms with van der Waals surface area (Å²) in [6, 6.07) is 9.41. The standard InChI is InChI=1S/C11H12N4O2S/c1-15(9-6-4-3-5-7-9)10-12-8-13-11(14-10)18(2,16)17/h3-8H,1-2H3. The second kappa shape index (κ2) is 4.69. The van der Waals surface area contributed by atoms with Crippen molar-refractivity contribution in [3.8, 4) is 0 Å². The minimum Gasteiger partial charge on any atom is -0.313 e. The van der Waals surface area contributed by atoms with Gasteiger partial charge in [0.25, 0.3) is 5.16 Å². The van der Waals surface area contributed by atoms with E-state index in [9.17, 15) is 8.42 Å². The van der Waals surface area contributed by atoms with Crippen molar-refractivity contribution in [1.82, 2.24) is 15.0 Å². The first kappa shape index (κ1) is 12.4. The van der Waals surface area contributed by atoms with Gasteiger partial charge in [-0.2, -0.15) is 4.98 Å². The van der Waals surface area contributed by atoms with Crippen LogP contribution in [-0.2, 0) is 9.84 Å². The lowest BCUT2D eigenvalue weighted by Gasteiger charge is -2.16. The van der Waals surface area contributed by atoms with Crippen LogP contribution < -0.4 is 4.90 Å². The van der Waals surface area contributed by atoms with Crippen LogP contribution in [0.15, 0.2) is 41.8 Å². The first-order chi connectivity index (χ1) is 8.48. The topological polar surface area (TPSA) is 76.1 Å². The zero-order valence-corrected chi connectivity index (χ0v) is 10.8. The molecular formula is C11H12N4O2S. The molecule has 0 radical (unpaired) electrons. The van der Waals surface area contributed by atoms with Gasteiger partial charge in [0.1, 0.15) is 6.33 Å². The molecule has 0 aliphatic rings. The fraction of sp³-hybridized carbons (Fsp3) is 0.182. The van der Waals surface area contributed by atoms with Gasteiger partial charge < -0.3 is 4.90 Å². The van der Waals surface area contributed by atoms with E-state index in [1.54, 1.807) is 11.9 Å². The Hall–Kier alpha value is -2.02. The van der Waals surface area contributed by atoms with Crippen LogP contribution in [0.4, 0.5) is 11.6 Å². The summed E-state index contributed by atoms with van der Waals surface area (Å²) in [7, 11) is -1.67. The third kappa shape index (κ3) is 2.62. The fourth-order valence-electron chi connectivity index (χ4n) is 1.38. The molecular weight excluding hydrogens is 252 g/mol. The molecule has 0 N–H and O–H groups in total. The number of anilines is 2. The SMILES string of the molecule is CN(c1ccccc1)c1ncnc(S(C)(=O)=O)n1. The van der Waals surface area contributed by atoms with Crippen LogP contribution in [0.25, 0.3) is 0 Å². The van der Waals surface area contributed by atoms with E-state index in [1.807, 2.05) is 30.3 Å². The molecule has 0 fully saturated rings. The first-order valence-corrected chi connectivity index (χ1v) is 7.05. The van der Waals surface area contributed by atoms with Crippen LogP contribution in [0.2, 0.25) is 0 Å². The highest BCUT2D eigenvalue weighted by Crippen LogP contribution is 2.19. The molecule has 0 bridgehead atoms. The van der Waals surface area contributed by atoms with E-state index in [0.717, 1.165) is 11.9 Å². The lowest BCUT2D eigenvalue weighted by atomic mass is 10.3. The van der Waals surface area contributed by atoms with Crippen LogP contribution in [0, 0.1) is 0 Å². The molecule has 94 valence electrons. The maximum absolute atomic E-state index is 11.4. The number of rotatable bonds is 3. The minimum atomic E-state index is -3.43. The smallest absolute Gasteiger partial charge is 0.251 e. The molecule has 0 atom stereocenters. The Balaban J connectivity index is 2.41. The summed E-state index contributed by atoms with van der Waals surface area (Å²) in [6.07, 6.45) is 2.26. The molecule has 0 saturated heterocycles. The highest BCUT2D eigenvalue weighted by atomic mass is 32.2. The average Bonchev–Trinajstić information content (AvgIpc) is 2.38. The quantitative estimate of drug-likeness (QED) is 0.824. The summed E-state index contributed by atoms with van der Waals surface area (Å²) >= 11 is 0. The van der Waals surface area contributed by atoms with Crippen LogP contribution in [0.3, 0.4) is 0 Å². The summed E-state index contributed by atoms with van der Waals surface area (Å²) in [4.78, 5) is 13.2. The van der Waals surface area contributed by atoms with Gasteiger partial charge in [-0.1, -0.05) is 18.2 Å². The molecule has 2 aromatic rings. The molecule has 0 aliphatic heterocycles. The number of aromatic nitrogens is 3. The maximum Gasteiger partial charge on any atom is 0.251 e. The molecule has 0 amide bonds. The lowest BCUT2D eigenvalue weighted by molar-refractivity contribution is 0.591. The normalized spacial score (nSPS) is 11.2. The molecule has 0 spiro atoms. The first-order valence-electron chi connectivity index (χ1n) is 5.16. The van der Waals surface area contributed by atoms with E-state index in [-0.39, 0.29) is 11.1 Å². The molecule has 1 aromatic heterocycles. The zero-order valence-electron chi connectivity index (χ0n) is 9.98. The van der Waals surface area contributed by atoms with E-state index < -0.39 is 9.84 Å². The number of hydrogen-bond donors (Lipinski definition) is 0. The summed E-state index contributed by atoms with van der Waals surface area (Å²) in [5.41, 5.74) is 0.864. The van der Waals surface area contributed by atoms with Gasteiger partial charge in [0.15, 0.2) is 0 Å². The number of para-hydroxylation sites is 1. The molecule has 0 unspecified atom stereocenters. The third-order valence-electron chi connectivity index (χ3n) is 2.31. The highest BCUT2D eigenvalue weighted by molar-refractivity contribution is 7.90. The lowest BCUT2D eigenvalue weighted by Crippen LogP contribution is -2.15. The van der Waals surface area contributed by atoms with Crippen molar-refractivity contribution in [3.63, 3.8) is 0 Å². The van der Waals surface area contributed by atoms with E-state index in [4.69, 9.17) is 0 Å². The molecule has 18 heavy (non-hydrogen) atoms. The van der Waals surface area contributed by atoms with E-state index >= 15 is 0 Å². The van der Waals surface area contributed by atoms with E-state index in [2.05, 4.69) is 15.0 Å². The van der Waals surface area contributed by atoms with Crippen LogP contribution in [0.1, 0.15) is 0 Å². The largest absolute Gasteiger partial charge is 0.313 e. The van der Waals surface area contributed by atoms with Gasteiger partial charge in [0.05, 0.1) is 0 Å². The molecule has 2 rings (SSSR count). The Bertz CT molecular complexity index is 643. The number of hydrogen-bond acceptors (Lipinski definition) is 6. The van der Waals surface area contributed by atoms with Gasteiger partial charge in [-0.05, 0) is 12.1 Å². The minimum absolute atomic E-state index is 0.227. The molecule has 1 heterocycles. The maximum atomic E-state index is 11.4. The average molecular weight is 264 g/mol. The van der Waals surface area contributed by atoms with Gasteiger partial charge in [-0.15, -0.1) is 0 Å². The van der Waals surface area contributed by atoms with Gasteiger partial charge in [-0.25, -0.2) is 18.4 Å². The number of sulfone groups is 1. The van der Waals surface area contributed by atoms with Crippen molar-refractivity contribution in [3.05, 3.63) is 36.7 Å². The monoisotopic (exact) mass is 264 g/mol. The van der Waals surface area contributed by atoms with Gasteiger partial charge in [0.2, 0.25) is 15.8 Å². The summed E-state index contributed by atoms with van der Waals surface area (Å²) in [5, 5.41) is -0.227. The second-order valence-corrected chi connectivity index (χ2v) is 5.64. The van der Waals surface area contributed by atoms with Gasteiger partial charge >= 0.3 is 0 Å². The van der Waals surface area contributed by atoms with E-state index in [0.29, 0.717) is 0 Å². The van der Waals surface area contributed by atoms with E-state index in [1.165, 1.54) is 6.33 Å². The molecule has 0 aliphatic carbocycles. The Morgan fingerprint density at radius 1 is 1.11 bits per heavy atom. The third-order valence-corrected chi connectivity index (χ3v) is 3.17. The summed E-state index contributed by atoms with van der Waals surface area (Å²) < 4.78 is 22.7. The van der Waals surface area contributed by atoms with Crippen LogP contribution in [-0.4, -0.2) is 36.7 Å². The van der Waals surface area contributed by atoms with Gasteiger partial charge in [0, 0.05) is 19.0 Å². The van der Waals surface area contributed by atoms with Crippen LogP contribution >= 0.6 is 0 Å².